The molecule has 0 radical (unpaired) electrons. The summed E-state index contributed by atoms with van der Waals surface area (Å²) in [5, 5.41) is 0.397. The molecule has 5 heteroatoms. The normalized spacial score (nSPS) is 11.4. The van der Waals surface area contributed by atoms with Gasteiger partial charge < -0.3 is 9.15 Å². The lowest BCUT2D eigenvalue weighted by atomic mass is 9.97. The number of ketones is 2. The summed E-state index contributed by atoms with van der Waals surface area (Å²) in [6.07, 6.45) is 1.47. The predicted molar refractivity (Wildman–Crippen MR) is 103 cm³/mol. The number of carbonyl (C=O) groups is 2. The molecule has 0 atom stereocenters. The van der Waals surface area contributed by atoms with Crippen LogP contribution in [-0.2, 0) is 4.79 Å². The van der Waals surface area contributed by atoms with Gasteiger partial charge in [0, 0.05) is 17.2 Å². The Kier molecular flexibility index (Phi) is 5.03. The van der Waals surface area contributed by atoms with Gasteiger partial charge in [-0.25, -0.2) is 0 Å². The third-order valence-electron chi connectivity index (χ3n) is 4.18. The zero-order valence-electron chi connectivity index (χ0n) is 15.2. The Morgan fingerprint density at radius 3 is 2.41 bits per heavy atom. The van der Waals surface area contributed by atoms with Crippen molar-refractivity contribution in [1.82, 2.24) is 0 Å². The largest absolute Gasteiger partial charge is 0.497 e. The van der Waals surface area contributed by atoms with Crippen molar-refractivity contribution in [2.24, 2.45) is 0 Å². The van der Waals surface area contributed by atoms with Crippen LogP contribution in [0.15, 0.2) is 63.3 Å². The maximum absolute atomic E-state index is 12.8. The van der Waals surface area contributed by atoms with Crippen LogP contribution < -0.4 is 10.2 Å². The number of hydrogen-bond acceptors (Lipinski definition) is 5. The van der Waals surface area contributed by atoms with E-state index in [0.29, 0.717) is 33.6 Å². The molecule has 0 aliphatic heterocycles. The number of fused-ring (bicyclic) bond motifs is 1. The van der Waals surface area contributed by atoms with Crippen LogP contribution in [0.1, 0.15) is 28.6 Å². The van der Waals surface area contributed by atoms with E-state index in [2.05, 4.69) is 0 Å². The molecule has 1 heterocycles. The van der Waals surface area contributed by atoms with Crippen molar-refractivity contribution in [2.45, 2.75) is 13.8 Å². The molecule has 5 nitrogen and oxygen atoms in total. The first-order valence-electron chi connectivity index (χ1n) is 8.35. The number of allylic oxidation sites excluding steroid dienone is 1. The molecule has 0 amide bonds. The van der Waals surface area contributed by atoms with E-state index in [0.717, 1.165) is 0 Å². The topological polar surface area (TPSA) is 73.6 Å². The van der Waals surface area contributed by atoms with Crippen LogP contribution in [0.2, 0.25) is 0 Å². The highest BCUT2D eigenvalue weighted by atomic mass is 16.5. The highest BCUT2D eigenvalue weighted by molar-refractivity contribution is 6.28. The fraction of sp³-hybridized carbons (Fsp3) is 0.136. The number of Topliss-reactive ketones (excluding diaryl/α,β-unsaturated/α-hetero) is 2. The molecule has 0 saturated heterocycles. The molecule has 0 N–H and O–H groups in total. The first-order chi connectivity index (χ1) is 12.9. The van der Waals surface area contributed by atoms with Gasteiger partial charge in [0.2, 0.25) is 0 Å². The highest BCUT2D eigenvalue weighted by Crippen LogP contribution is 2.22. The predicted octanol–water partition coefficient (Wildman–Crippen LogP) is 3.97. The van der Waals surface area contributed by atoms with Gasteiger partial charge in [-0.3, -0.25) is 14.4 Å². The van der Waals surface area contributed by atoms with Gasteiger partial charge in [0.1, 0.15) is 17.1 Å². The number of para-hydroxylation sites is 1. The van der Waals surface area contributed by atoms with E-state index in [-0.39, 0.29) is 16.8 Å². The summed E-state index contributed by atoms with van der Waals surface area (Å²) >= 11 is 0. The average molecular weight is 362 g/mol. The molecule has 0 aliphatic rings. The van der Waals surface area contributed by atoms with E-state index in [1.54, 1.807) is 49.4 Å². The molecule has 0 spiro atoms. The van der Waals surface area contributed by atoms with Crippen molar-refractivity contribution >= 4 is 28.6 Å². The molecule has 0 unspecified atom stereocenters. The Morgan fingerprint density at radius 1 is 1.07 bits per heavy atom. The number of hydrogen-bond donors (Lipinski definition) is 0. The van der Waals surface area contributed by atoms with Crippen LogP contribution in [0.5, 0.6) is 5.75 Å². The lowest BCUT2D eigenvalue weighted by Crippen LogP contribution is -2.10. The van der Waals surface area contributed by atoms with Gasteiger partial charge in [0.15, 0.2) is 17.0 Å². The van der Waals surface area contributed by atoms with E-state index in [9.17, 15) is 14.4 Å². The maximum Gasteiger partial charge on any atom is 0.196 e. The Labute approximate surface area is 155 Å². The molecular formula is C22H18O5. The second-order valence-electron chi connectivity index (χ2n) is 6.12. The fourth-order valence-electron chi connectivity index (χ4n) is 2.81. The minimum absolute atomic E-state index is 0.0109. The van der Waals surface area contributed by atoms with Gasteiger partial charge in [0.05, 0.1) is 18.1 Å². The van der Waals surface area contributed by atoms with Gasteiger partial charge in [-0.2, -0.15) is 0 Å². The third kappa shape index (κ3) is 3.72. The molecule has 0 saturated carbocycles. The minimum Gasteiger partial charge on any atom is -0.497 e. The van der Waals surface area contributed by atoms with Crippen molar-refractivity contribution in [1.29, 1.82) is 0 Å². The quantitative estimate of drug-likeness (QED) is 0.297. The number of methoxy groups -OCH3 is 1. The van der Waals surface area contributed by atoms with Crippen molar-refractivity contribution in [3.63, 3.8) is 0 Å². The second kappa shape index (κ2) is 7.41. The number of carbonyl (C=O) groups excluding carboxylic acids is 2. The Balaban J connectivity index is 2.14. The van der Waals surface area contributed by atoms with E-state index in [1.807, 2.05) is 0 Å². The number of benzene rings is 2. The van der Waals surface area contributed by atoms with E-state index in [1.165, 1.54) is 26.2 Å². The van der Waals surface area contributed by atoms with Gasteiger partial charge in [-0.05, 0) is 50.3 Å². The minimum atomic E-state index is -0.405. The number of aryl methyl sites for hydroxylation is 1. The molecule has 27 heavy (non-hydrogen) atoms. The van der Waals surface area contributed by atoms with Crippen molar-refractivity contribution in [3.8, 4) is 5.75 Å². The molecule has 136 valence electrons. The summed E-state index contributed by atoms with van der Waals surface area (Å²) < 4.78 is 10.8. The Hall–Kier alpha value is -3.47. The fourth-order valence-corrected chi connectivity index (χ4v) is 2.81. The first kappa shape index (κ1) is 18.3. The van der Waals surface area contributed by atoms with Gasteiger partial charge >= 0.3 is 0 Å². The lowest BCUT2D eigenvalue weighted by Gasteiger charge is -2.07. The summed E-state index contributed by atoms with van der Waals surface area (Å²) in [6.45, 7) is 3.01. The molecular weight excluding hydrogens is 344 g/mol. The van der Waals surface area contributed by atoms with Crippen LogP contribution in [0.4, 0.5) is 0 Å². The Bertz CT molecular complexity index is 1120. The summed E-state index contributed by atoms with van der Waals surface area (Å²) in [5.41, 5.74) is 1.06. The number of ether oxygens (including phenoxy) is 1. The molecule has 3 rings (SSSR count). The molecule has 2 aromatic carbocycles. The highest BCUT2D eigenvalue weighted by Gasteiger charge is 2.18. The lowest BCUT2D eigenvalue weighted by molar-refractivity contribution is -0.113. The SMILES string of the molecule is COc1ccc(C(=O)/C(=C\c2cccc3c(=O)cc(C)oc23)C(C)=O)cc1. The van der Waals surface area contributed by atoms with Crippen molar-refractivity contribution in [3.05, 3.63) is 81.2 Å². The smallest absolute Gasteiger partial charge is 0.196 e. The van der Waals surface area contributed by atoms with Crippen LogP contribution in [0.25, 0.3) is 17.0 Å². The summed E-state index contributed by atoms with van der Waals surface area (Å²) in [4.78, 5) is 37.1. The molecule has 0 fully saturated rings. The van der Waals surface area contributed by atoms with E-state index in [4.69, 9.17) is 9.15 Å². The van der Waals surface area contributed by atoms with E-state index < -0.39 is 5.78 Å². The van der Waals surface area contributed by atoms with Gasteiger partial charge in [-0.15, -0.1) is 0 Å². The molecule has 3 aromatic rings. The van der Waals surface area contributed by atoms with Crippen LogP contribution >= 0.6 is 0 Å². The number of rotatable bonds is 5. The maximum atomic E-state index is 12.8. The second-order valence-corrected chi connectivity index (χ2v) is 6.12. The van der Waals surface area contributed by atoms with Gasteiger partial charge in [-0.1, -0.05) is 12.1 Å². The molecule has 1 aromatic heterocycles. The zero-order chi connectivity index (χ0) is 19.6. The Morgan fingerprint density at radius 2 is 1.78 bits per heavy atom. The molecule has 0 bridgehead atoms. The average Bonchev–Trinajstić information content (AvgIpc) is 2.65. The summed E-state index contributed by atoms with van der Waals surface area (Å²) in [5.74, 6) is 0.297. The summed E-state index contributed by atoms with van der Waals surface area (Å²) in [7, 11) is 1.54. The van der Waals surface area contributed by atoms with Gasteiger partial charge in [0.25, 0.3) is 0 Å². The standard InChI is InChI=1S/C22H18O5/c1-13-11-20(24)18-6-4-5-16(22(18)27-13)12-19(14(2)23)21(25)15-7-9-17(26-3)10-8-15/h4-12H,1-3H3/b19-12-. The van der Waals surface area contributed by atoms with E-state index >= 15 is 0 Å². The zero-order valence-corrected chi connectivity index (χ0v) is 15.2. The van der Waals surface area contributed by atoms with Crippen LogP contribution in [-0.4, -0.2) is 18.7 Å². The van der Waals surface area contributed by atoms with Crippen LogP contribution in [0, 0.1) is 6.92 Å². The van der Waals surface area contributed by atoms with Crippen molar-refractivity contribution in [2.75, 3.05) is 7.11 Å². The molecule has 0 aliphatic carbocycles. The van der Waals surface area contributed by atoms with Crippen LogP contribution in [0.3, 0.4) is 0 Å². The monoisotopic (exact) mass is 362 g/mol. The summed E-state index contributed by atoms with van der Waals surface area (Å²) in [6, 6.07) is 13.0. The van der Waals surface area contributed by atoms with Crippen molar-refractivity contribution < 1.29 is 18.7 Å². The third-order valence-corrected chi connectivity index (χ3v) is 4.18. The first-order valence-corrected chi connectivity index (χ1v) is 8.35.